The molecule has 0 radical (unpaired) electrons. The number of carbonyl (C=O) groups excluding carboxylic acids is 2. The zero-order valence-electron chi connectivity index (χ0n) is 18.1. The average Bonchev–Trinajstić information content (AvgIpc) is 2.74. The number of hydrogen-bond acceptors (Lipinski definition) is 2. The molecular formula is C24H38N3O2+. The van der Waals surface area contributed by atoms with E-state index in [9.17, 15) is 9.59 Å². The van der Waals surface area contributed by atoms with E-state index < -0.39 is 6.04 Å². The van der Waals surface area contributed by atoms with Crippen molar-refractivity contribution in [2.45, 2.75) is 77.4 Å². The number of hydrogen-bond donors (Lipinski definition) is 3. The highest BCUT2D eigenvalue weighted by Gasteiger charge is 2.31. The van der Waals surface area contributed by atoms with Crippen molar-refractivity contribution in [1.82, 2.24) is 10.6 Å². The number of benzene rings is 1. The summed E-state index contributed by atoms with van der Waals surface area (Å²) in [5.41, 5.74) is 1.37. The van der Waals surface area contributed by atoms with Crippen molar-refractivity contribution < 1.29 is 14.5 Å². The van der Waals surface area contributed by atoms with Gasteiger partial charge in [0.1, 0.15) is 12.6 Å². The quantitative estimate of drug-likeness (QED) is 0.656. The van der Waals surface area contributed by atoms with E-state index in [4.69, 9.17) is 0 Å². The van der Waals surface area contributed by atoms with Crippen LogP contribution in [0.25, 0.3) is 0 Å². The standard InChI is InChI=1S/C24H37N3O2/c1-18(2)22(26-23(28)20-11-7-4-8-12-20)24(29)25-21-13-15-27(16-14-21)17-19-9-5-3-6-10-19/h3,5-6,9-10,18,20-22H,4,7-8,11-17H2,1-2H3,(H,25,29)(H,26,28)/p+1/t22-/m0/s1. The molecule has 0 aromatic heterocycles. The van der Waals surface area contributed by atoms with Gasteiger partial charge in [-0.25, -0.2) is 0 Å². The lowest BCUT2D eigenvalue weighted by atomic mass is 9.88. The molecule has 0 spiro atoms. The van der Waals surface area contributed by atoms with Crippen LogP contribution in [0.1, 0.15) is 64.4 Å². The number of rotatable bonds is 7. The third-order valence-electron chi connectivity index (χ3n) is 6.56. The SMILES string of the molecule is CC(C)[C@H](NC(=O)C1CCCCC1)C(=O)NC1CC[NH+](Cc2ccccc2)CC1. The van der Waals surface area contributed by atoms with Crippen LogP contribution in [-0.2, 0) is 16.1 Å². The van der Waals surface area contributed by atoms with Crippen LogP contribution in [0.5, 0.6) is 0 Å². The third-order valence-corrected chi connectivity index (χ3v) is 6.56. The second-order valence-corrected chi connectivity index (χ2v) is 9.26. The summed E-state index contributed by atoms with van der Waals surface area (Å²) in [6.07, 6.45) is 7.39. The fraction of sp³-hybridized carbons (Fsp3) is 0.667. The Kier molecular flexibility index (Phi) is 8.10. The fourth-order valence-electron chi connectivity index (χ4n) is 4.69. The van der Waals surface area contributed by atoms with Gasteiger partial charge in [-0.2, -0.15) is 0 Å². The van der Waals surface area contributed by atoms with Gasteiger partial charge in [0.05, 0.1) is 13.1 Å². The minimum Gasteiger partial charge on any atom is -0.351 e. The number of nitrogens with one attached hydrogen (secondary N) is 3. The molecule has 0 unspecified atom stereocenters. The molecule has 3 rings (SSSR count). The predicted octanol–water partition coefficient (Wildman–Crippen LogP) is 2.07. The average molecular weight is 401 g/mol. The molecule has 5 nitrogen and oxygen atoms in total. The number of quaternary nitrogens is 1. The molecule has 1 saturated carbocycles. The fourth-order valence-corrected chi connectivity index (χ4v) is 4.69. The van der Waals surface area contributed by atoms with Crippen LogP contribution < -0.4 is 15.5 Å². The summed E-state index contributed by atoms with van der Waals surface area (Å²) in [4.78, 5) is 27.1. The molecule has 1 aliphatic heterocycles. The molecule has 3 N–H and O–H groups in total. The van der Waals surface area contributed by atoms with Crippen LogP contribution >= 0.6 is 0 Å². The van der Waals surface area contributed by atoms with Gasteiger partial charge in [-0.1, -0.05) is 63.4 Å². The molecule has 1 atom stereocenters. The Labute approximate surface area is 175 Å². The summed E-state index contributed by atoms with van der Waals surface area (Å²) in [5, 5.41) is 6.29. The number of likely N-dealkylation sites (tertiary alicyclic amines) is 1. The normalized spacial score (nSPS) is 24.1. The molecule has 1 heterocycles. The number of piperidine rings is 1. The molecule has 160 valence electrons. The van der Waals surface area contributed by atoms with Gasteiger partial charge in [-0.15, -0.1) is 0 Å². The molecule has 0 bridgehead atoms. The molecular weight excluding hydrogens is 362 g/mol. The highest BCUT2D eigenvalue weighted by atomic mass is 16.2. The van der Waals surface area contributed by atoms with Crippen LogP contribution in [-0.4, -0.2) is 37.0 Å². The Balaban J connectivity index is 1.45. The first-order valence-electron chi connectivity index (χ1n) is 11.5. The topological polar surface area (TPSA) is 62.6 Å². The Morgan fingerprint density at radius 1 is 1.00 bits per heavy atom. The van der Waals surface area contributed by atoms with Gasteiger partial charge in [0.2, 0.25) is 11.8 Å². The zero-order valence-corrected chi connectivity index (χ0v) is 18.1. The van der Waals surface area contributed by atoms with Gasteiger partial charge < -0.3 is 15.5 Å². The van der Waals surface area contributed by atoms with E-state index in [0.717, 1.165) is 58.2 Å². The van der Waals surface area contributed by atoms with Gasteiger partial charge in [0.15, 0.2) is 0 Å². The molecule has 29 heavy (non-hydrogen) atoms. The summed E-state index contributed by atoms with van der Waals surface area (Å²) in [6.45, 7) is 7.21. The number of amides is 2. The van der Waals surface area contributed by atoms with Gasteiger partial charge in [0, 0.05) is 30.4 Å². The molecule has 5 heteroatoms. The molecule has 1 aliphatic carbocycles. The third kappa shape index (κ3) is 6.56. The summed E-state index contributed by atoms with van der Waals surface area (Å²) < 4.78 is 0. The van der Waals surface area contributed by atoms with Gasteiger partial charge in [-0.05, 0) is 18.8 Å². The summed E-state index contributed by atoms with van der Waals surface area (Å²) in [5.74, 6) is 0.232. The molecule has 2 amide bonds. The Hall–Kier alpha value is -1.88. The van der Waals surface area contributed by atoms with Crippen molar-refractivity contribution in [3.05, 3.63) is 35.9 Å². The van der Waals surface area contributed by atoms with E-state index in [1.165, 1.54) is 12.0 Å². The van der Waals surface area contributed by atoms with Crippen molar-refractivity contribution in [3.63, 3.8) is 0 Å². The van der Waals surface area contributed by atoms with Gasteiger partial charge >= 0.3 is 0 Å². The van der Waals surface area contributed by atoms with Crippen molar-refractivity contribution in [3.8, 4) is 0 Å². The first-order valence-corrected chi connectivity index (χ1v) is 11.5. The summed E-state index contributed by atoms with van der Waals surface area (Å²) in [7, 11) is 0. The first kappa shape index (κ1) is 21.8. The van der Waals surface area contributed by atoms with Crippen molar-refractivity contribution in [2.75, 3.05) is 13.1 Å². The van der Waals surface area contributed by atoms with Crippen LogP contribution in [0, 0.1) is 11.8 Å². The van der Waals surface area contributed by atoms with Crippen LogP contribution in [0.15, 0.2) is 30.3 Å². The van der Waals surface area contributed by atoms with E-state index in [1.54, 1.807) is 4.90 Å². The Morgan fingerprint density at radius 2 is 1.66 bits per heavy atom. The maximum atomic E-state index is 12.9. The second-order valence-electron chi connectivity index (χ2n) is 9.26. The molecule has 1 aromatic rings. The van der Waals surface area contributed by atoms with E-state index in [-0.39, 0.29) is 29.7 Å². The highest BCUT2D eigenvalue weighted by molar-refractivity contribution is 5.88. The zero-order chi connectivity index (χ0) is 20.6. The molecule has 1 aromatic carbocycles. The molecule has 2 aliphatic rings. The van der Waals surface area contributed by atoms with E-state index in [0.29, 0.717) is 0 Å². The highest BCUT2D eigenvalue weighted by Crippen LogP contribution is 2.24. The second kappa shape index (κ2) is 10.8. The monoisotopic (exact) mass is 400 g/mol. The molecule has 2 fully saturated rings. The minimum absolute atomic E-state index is 0.0133. The maximum absolute atomic E-state index is 12.9. The Bertz CT molecular complexity index is 647. The Morgan fingerprint density at radius 3 is 2.28 bits per heavy atom. The van der Waals surface area contributed by atoms with Gasteiger partial charge in [-0.3, -0.25) is 9.59 Å². The van der Waals surface area contributed by atoms with Crippen LogP contribution in [0.4, 0.5) is 0 Å². The molecule has 1 saturated heterocycles. The predicted molar refractivity (Wildman–Crippen MR) is 115 cm³/mol. The van der Waals surface area contributed by atoms with Crippen molar-refractivity contribution >= 4 is 11.8 Å². The van der Waals surface area contributed by atoms with E-state index in [1.807, 2.05) is 13.8 Å². The van der Waals surface area contributed by atoms with E-state index in [2.05, 4.69) is 41.0 Å². The summed E-state index contributed by atoms with van der Waals surface area (Å²) in [6, 6.07) is 10.4. The van der Waals surface area contributed by atoms with Crippen molar-refractivity contribution in [1.29, 1.82) is 0 Å². The largest absolute Gasteiger partial charge is 0.351 e. The minimum atomic E-state index is -0.431. The maximum Gasteiger partial charge on any atom is 0.243 e. The number of carbonyl (C=O) groups is 2. The van der Waals surface area contributed by atoms with Gasteiger partial charge in [0.25, 0.3) is 0 Å². The van der Waals surface area contributed by atoms with Crippen LogP contribution in [0.2, 0.25) is 0 Å². The lowest BCUT2D eigenvalue weighted by Crippen LogP contribution is -3.12. The lowest BCUT2D eigenvalue weighted by Gasteiger charge is -2.32. The van der Waals surface area contributed by atoms with Crippen LogP contribution in [0.3, 0.4) is 0 Å². The summed E-state index contributed by atoms with van der Waals surface area (Å²) >= 11 is 0. The lowest BCUT2D eigenvalue weighted by molar-refractivity contribution is -0.918. The smallest absolute Gasteiger partial charge is 0.243 e. The van der Waals surface area contributed by atoms with Crippen molar-refractivity contribution in [2.24, 2.45) is 11.8 Å². The first-order chi connectivity index (χ1) is 14.0. The van der Waals surface area contributed by atoms with E-state index >= 15 is 0 Å².